The molecule has 1 unspecified atom stereocenters. The lowest BCUT2D eigenvalue weighted by molar-refractivity contribution is 0.484. The number of hydrogen-bond acceptors (Lipinski definition) is 2. The number of hydrogen-bond donors (Lipinski definition) is 1. The summed E-state index contributed by atoms with van der Waals surface area (Å²) in [6.07, 6.45) is 5.39. The molecule has 1 heterocycles. The van der Waals surface area contributed by atoms with Crippen LogP contribution in [0, 0.1) is 5.82 Å². The molecule has 0 bridgehead atoms. The van der Waals surface area contributed by atoms with E-state index in [0.717, 1.165) is 18.8 Å². The van der Waals surface area contributed by atoms with Crippen molar-refractivity contribution in [2.75, 3.05) is 6.54 Å². The molecular weight excluding hydrogens is 241 g/mol. The van der Waals surface area contributed by atoms with Crippen molar-refractivity contribution in [2.45, 2.75) is 25.8 Å². The standard InChI is InChI=1S/C15H20FN3/c1-3-8-17-14(11-15-18-9-10-19(15)2)12-6-4-5-7-13(12)16/h4-7,9-10,14,17H,3,8,11H2,1-2H3. The molecule has 2 aromatic rings. The normalized spacial score (nSPS) is 12.6. The highest BCUT2D eigenvalue weighted by Crippen LogP contribution is 2.20. The molecule has 0 aliphatic rings. The molecule has 1 N–H and O–H groups in total. The minimum absolute atomic E-state index is 0.0396. The second-order valence-corrected chi connectivity index (χ2v) is 4.69. The maximum atomic E-state index is 13.9. The summed E-state index contributed by atoms with van der Waals surface area (Å²) in [5.41, 5.74) is 0.707. The fourth-order valence-electron chi connectivity index (χ4n) is 2.14. The van der Waals surface area contributed by atoms with Crippen molar-refractivity contribution >= 4 is 0 Å². The number of halogens is 1. The first-order chi connectivity index (χ1) is 9.22. The van der Waals surface area contributed by atoms with Crippen molar-refractivity contribution < 1.29 is 4.39 Å². The third kappa shape index (κ3) is 3.41. The van der Waals surface area contributed by atoms with Gasteiger partial charge in [0.05, 0.1) is 0 Å². The molecule has 1 aromatic heterocycles. The van der Waals surface area contributed by atoms with Crippen LogP contribution in [-0.2, 0) is 13.5 Å². The molecule has 1 aromatic carbocycles. The summed E-state index contributed by atoms with van der Waals surface area (Å²) in [7, 11) is 1.96. The maximum absolute atomic E-state index is 13.9. The second kappa shape index (κ2) is 6.48. The molecule has 4 heteroatoms. The van der Waals surface area contributed by atoms with Gasteiger partial charge in [-0.05, 0) is 19.0 Å². The minimum atomic E-state index is -0.162. The molecule has 0 saturated carbocycles. The van der Waals surface area contributed by atoms with Crippen LogP contribution >= 0.6 is 0 Å². The van der Waals surface area contributed by atoms with Crippen LogP contribution in [0.25, 0.3) is 0 Å². The summed E-state index contributed by atoms with van der Waals surface area (Å²) in [6.45, 7) is 2.97. The van der Waals surface area contributed by atoms with Gasteiger partial charge in [-0.3, -0.25) is 0 Å². The van der Waals surface area contributed by atoms with E-state index >= 15 is 0 Å². The average molecular weight is 261 g/mol. The Balaban J connectivity index is 2.21. The van der Waals surface area contributed by atoms with Crippen LogP contribution in [-0.4, -0.2) is 16.1 Å². The fraction of sp³-hybridized carbons (Fsp3) is 0.400. The lowest BCUT2D eigenvalue weighted by Crippen LogP contribution is -2.26. The molecule has 0 fully saturated rings. The van der Waals surface area contributed by atoms with Crippen LogP contribution in [0.15, 0.2) is 36.7 Å². The van der Waals surface area contributed by atoms with Gasteiger partial charge in [0.15, 0.2) is 0 Å². The van der Waals surface area contributed by atoms with Gasteiger partial charge < -0.3 is 9.88 Å². The summed E-state index contributed by atoms with van der Waals surface area (Å²) < 4.78 is 15.9. The number of imidazole rings is 1. The highest BCUT2D eigenvalue weighted by atomic mass is 19.1. The first kappa shape index (κ1) is 13.7. The first-order valence-electron chi connectivity index (χ1n) is 6.66. The highest BCUT2D eigenvalue weighted by molar-refractivity contribution is 5.22. The molecular formula is C15H20FN3. The van der Waals surface area contributed by atoms with Crippen LogP contribution < -0.4 is 5.32 Å². The molecule has 0 radical (unpaired) electrons. The Bertz CT molecular complexity index is 522. The van der Waals surface area contributed by atoms with Gasteiger partial charge in [0.2, 0.25) is 0 Å². The van der Waals surface area contributed by atoms with Gasteiger partial charge in [-0.2, -0.15) is 0 Å². The van der Waals surface area contributed by atoms with E-state index in [2.05, 4.69) is 17.2 Å². The van der Waals surface area contributed by atoms with E-state index in [9.17, 15) is 4.39 Å². The van der Waals surface area contributed by atoms with Gasteiger partial charge in [0.25, 0.3) is 0 Å². The Morgan fingerprint density at radius 2 is 2.16 bits per heavy atom. The van der Waals surface area contributed by atoms with E-state index in [0.29, 0.717) is 12.0 Å². The van der Waals surface area contributed by atoms with E-state index < -0.39 is 0 Å². The van der Waals surface area contributed by atoms with Gasteiger partial charge in [0.1, 0.15) is 11.6 Å². The maximum Gasteiger partial charge on any atom is 0.127 e. The number of benzene rings is 1. The Morgan fingerprint density at radius 3 is 2.79 bits per heavy atom. The van der Waals surface area contributed by atoms with Crippen LogP contribution in [0.5, 0.6) is 0 Å². The van der Waals surface area contributed by atoms with E-state index in [1.54, 1.807) is 12.3 Å². The number of nitrogens with zero attached hydrogens (tertiary/aromatic N) is 2. The molecule has 19 heavy (non-hydrogen) atoms. The molecule has 0 amide bonds. The van der Waals surface area contributed by atoms with Crippen LogP contribution in [0.4, 0.5) is 4.39 Å². The van der Waals surface area contributed by atoms with Crippen LogP contribution in [0.2, 0.25) is 0 Å². The molecule has 0 saturated heterocycles. The molecule has 0 aliphatic heterocycles. The zero-order chi connectivity index (χ0) is 13.7. The Kier molecular flexibility index (Phi) is 4.68. The third-order valence-corrected chi connectivity index (χ3v) is 3.23. The van der Waals surface area contributed by atoms with Gasteiger partial charge in [-0.25, -0.2) is 9.37 Å². The number of rotatable bonds is 6. The summed E-state index contributed by atoms with van der Waals surface area (Å²) >= 11 is 0. The number of nitrogens with one attached hydrogen (secondary N) is 1. The first-order valence-corrected chi connectivity index (χ1v) is 6.66. The molecule has 102 valence electrons. The van der Waals surface area contributed by atoms with Crippen LogP contribution in [0.1, 0.15) is 30.8 Å². The number of aryl methyl sites for hydroxylation is 1. The van der Waals surface area contributed by atoms with Crippen molar-refractivity contribution in [1.29, 1.82) is 0 Å². The molecule has 1 atom stereocenters. The smallest absolute Gasteiger partial charge is 0.127 e. The van der Waals surface area contributed by atoms with Crippen molar-refractivity contribution in [3.8, 4) is 0 Å². The Hall–Kier alpha value is -1.68. The van der Waals surface area contributed by atoms with E-state index in [4.69, 9.17) is 0 Å². The molecule has 0 aliphatic carbocycles. The molecule has 0 spiro atoms. The van der Waals surface area contributed by atoms with Crippen molar-refractivity contribution in [1.82, 2.24) is 14.9 Å². The largest absolute Gasteiger partial charge is 0.338 e. The van der Waals surface area contributed by atoms with Gasteiger partial charge >= 0.3 is 0 Å². The second-order valence-electron chi connectivity index (χ2n) is 4.69. The highest BCUT2D eigenvalue weighted by Gasteiger charge is 2.17. The Morgan fingerprint density at radius 1 is 1.37 bits per heavy atom. The van der Waals surface area contributed by atoms with Gasteiger partial charge in [0, 0.05) is 37.5 Å². The zero-order valence-corrected chi connectivity index (χ0v) is 11.4. The average Bonchev–Trinajstić information content (AvgIpc) is 2.81. The fourth-order valence-corrected chi connectivity index (χ4v) is 2.14. The van der Waals surface area contributed by atoms with Crippen LogP contribution in [0.3, 0.4) is 0 Å². The number of aromatic nitrogens is 2. The minimum Gasteiger partial charge on any atom is -0.338 e. The SMILES string of the molecule is CCCNC(Cc1nccn1C)c1ccccc1F. The lowest BCUT2D eigenvalue weighted by Gasteiger charge is -2.19. The summed E-state index contributed by atoms with van der Waals surface area (Å²) in [6, 6.07) is 6.90. The van der Waals surface area contributed by atoms with Gasteiger partial charge in [-0.15, -0.1) is 0 Å². The molecule has 3 nitrogen and oxygen atoms in total. The van der Waals surface area contributed by atoms with Gasteiger partial charge in [-0.1, -0.05) is 25.1 Å². The summed E-state index contributed by atoms with van der Waals surface area (Å²) in [5, 5.41) is 3.40. The van der Waals surface area contributed by atoms with Crippen molar-refractivity contribution in [3.63, 3.8) is 0 Å². The quantitative estimate of drug-likeness (QED) is 0.866. The monoisotopic (exact) mass is 261 g/mol. The predicted molar refractivity (Wildman–Crippen MR) is 74.3 cm³/mol. The summed E-state index contributed by atoms with van der Waals surface area (Å²) in [5.74, 6) is 0.794. The summed E-state index contributed by atoms with van der Waals surface area (Å²) in [4.78, 5) is 4.32. The van der Waals surface area contributed by atoms with E-state index in [1.165, 1.54) is 6.07 Å². The third-order valence-electron chi connectivity index (χ3n) is 3.23. The molecule has 2 rings (SSSR count). The Labute approximate surface area is 113 Å². The van der Waals surface area contributed by atoms with E-state index in [-0.39, 0.29) is 11.9 Å². The predicted octanol–water partition coefficient (Wildman–Crippen LogP) is 2.84. The zero-order valence-electron chi connectivity index (χ0n) is 11.4. The van der Waals surface area contributed by atoms with E-state index in [1.807, 2.05) is 29.9 Å². The lowest BCUT2D eigenvalue weighted by atomic mass is 10.0. The van der Waals surface area contributed by atoms with Crippen molar-refractivity contribution in [3.05, 3.63) is 53.9 Å². The topological polar surface area (TPSA) is 29.9 Å². The van der Waals surface area contributed by atoms with Crippen molar-refractivity contribution in [2.24, 2.45) is 7.05 Å².